The zero-order chi connectivity index (χ0) is 24.3. The number of piperidine rings is 1. The summed E-state index contributed by atoms with van der Waals surface area (Å²) in [6.45, 7) is 11.1. The van der Waals surface area contributed by atoms with Crippen molar-refractivity contribution in [3.63, 3.8) is 0 Å². The lowest BCUT2D eigenvalue weighted by atomic mass is 10.0. The van der Waals surface area contributed by atoms with Crippen molar-refractivity contribution in [1.82, 2.24) is 20.8 Å². The number of aromatic nitrogens is 2. The first-order chi connectivity index (χ1) is 14.6. The molecule has 2 rings (SSSR count). The Balaban J connectivity index is 2.23. The summed E-state index contributed by atoms with van der Waals surface area (Å²) in [5, 5.41) is 22.4. The number of hydrogen-bond acceptors (Lipinski definition) is 8. The monoisotopic (exact) mass is 471 g/mol. The van der Waals surface area contributed by atoms with E-state index in [9.17, 15) is 19.5 Å². The van der Waals surface area contributed by atoms with E-state index >= 15 is 0 Å². The van der Waals surface area contributed by atoms with Gasteiger partial charge in [-0.2, -0.15) is 0 Å². The second kappa shape index (κ2) is 9.76. The van der Waals surface area contributed by atoms with Crippen LogP contribution in [-0.4, -0.2) is 69.8 Å². The van der Waals surface area contributed by atoms with Gasteiger partial charge in [-0.1, -0.05) is 11.6 Å². The van der Waals surface area contributed by atoms with E-state index in [2.05, 4.69) is 20.8 Å². The molecule has 1 aromatic heterocycles. The van der Waals surface area contributed by atoms with Gasteiger partial charge in [0.2, 0.25) is 0 Å². The Kier molecular flexibility index (Phi) is 7.76. The summed E-state index contributed by atoms with van der Waals surface area (Å²) >= 11 is 5.83. The quantitative estimate of drug-likeness (QED) is 0.603. The van der Waals surface area contributed by atoms with E-state index in [0.29, 0.717) is 19.5 Å². The summed E-state index contributed by atoms with van der Waals surface area (Å²) < 4.78 is 10.7. The van der Waals surface area contributed by atoms with Crippen LogP contribution < -0.4 is 15.5 Å². The second-order valence-electron chi connectivity index (χ2n) is 9.54. The van der Waals surface area contributed by atoms with Crippen molar-refractivity contribution in [3.8, 4) is 0 Å². The summed E-state index contributed by atoms with van der Waals surface area (Å²) in [4.78, 5) is 37.7. The number of nitrogens with one attached hydrogen (secondary N) is 2. The lowest BCUT2D eigenvalue weighted by Crippen LogP contribution is -2.58. The standard InChI is InChI=1S/C20H30ClN5O6/c1-19(2,3)31-17(29)22-11-7-12(23-18(30)32-20(4,5)6)10-26(9-11)14-8-13(16(27)28)15(21)25-24-14/h8,11-12H,7,9-10H2,1-6H3,(H,22,29)(H,23,30)(H,27,28)/t11-,12-/m0/s1. The Morgan fingerprint density at radius 1 is 1.00 bits per heavy atom. The van der Waals surface area contributed by atoms with Crippen LogP contribution >= 0.6 is 11.6 Å². The lowest BCUT2D eigenvalue weighted by molar-refractivity contribution is 0.0475. The average Bonchev–Trinajstić information content (AvgIpc) is 2.58. The summed E-state index contributed by atoms with van der Waals surface area (Å²) in [6.07, 6.45) is -0.801. The van der Waals surface area contributed by atoms with Crippen LogP contribution in [0.3, 0.4) is 0 Å². The first kappa shape index (κ1) is 25.4. The van der Waals surface area contributed by atoms with E-state index in [1.807, 2.05) is 0 Å². The van der Waals surface area contributed by atoms with E-state index < -0.39 is 41.4 Å². The molecule has 12 heteroatoms. The zero-order valence-corrected chi connectivity index (χ0v) is 19.8. The Morgan fingerprint density at radius 2 is 1.47 bits per heavy atom. The van der Waals surface area contributed by atoms with Crippen molar-refractivity contribution < 1.29 is 29.0 Å². The van der Waals surface area contributed by atoms with Gasteiger partial charge in [-0.05, 0) is 48.0 Å². The van der Waals surface area contributed by atoms with Crippen LogP contribution in [0.5, 0.6) is 0 Å². The Labute approximate surface area is 191 Å². The van der Waals surface area contributed by atoms with Crippen molar-refractivity contribution in [3.05, 3.63) is 16.8 Å². The molecule has 0 saturated carbocycles. The fraction of sp³-hybridized carbons (Fsp3) is 0.650. The van der Waals surface area contributed by atoms with E-state index in [0.717, 1.165) is 0 Å². The Morgan fingerprint density at radius 3 is 1.88 bits per heavy atom. The lowest BCUT2D eigenvalue weighted by Gasteiger charge is -2.39. The zero-order valence-electron chi connectivity index (χ0n) is 19.1. The number of halogens is 1. The molecule has 2 heterocycles. The van der Waals surface area contributed by atoms with E-state index in [1.165, 1.54) is 6.07 Å². The molecule has 1 aliphatic heterocycles. The highest BCUT2D eigenvalue weighted by molar-refractivity contribution is 6.32. The second-order valence-corrected chi connectivity index (χ2v) is 9.90. The van der Waals surface area contributed by atoms with Crippen molar-refractivity contribution in [2.24, 2.45) is 0 Å². The van der Waals surface area contributed by atoms with Gasteiger partial charge in [-0.25, -0.2) is 14.4 Å². The average molecular weight is 472 g/mol. The van der Waals surface area contributed by atoms with E-state index in [1.54, 1.807) is 46.4 Å². The summed E-state index contributed by atoms with van der Waals surface area (Å²) in [7, 11) is 0. The molecule has 1 saturated heterocycles. The maximum Gasteiger partial charge on any atom is 0.407 e. The number of anilines is 1. The minimum absolute atomic E-state index is 0.199. The maximum absolute atomic E-state index is 12.3. The number of rotatable bonds is 4. The topological polar surface area (TPSA) is 143 Å². The normalized spacial score (nSPS) is 19.2. The van der Waals surface area contributed by atoms with Gasteiger partial charge < -0.3 is 30.1 Å². The molecule has 2 atom stereocenters. The van der Waals surface area contributed by atoms with E-state index in [-0.39, 0.29) is 16.5 Å². The molecule has 0 radical (unpaired) electrons. The number of ether oxygens (including phenoxy) is 2. The number of nitrogens with zero attached hydrogens (tertiary/aromatic N) is 3. The number of hydrogen-bond donors (Lipinski definition) is 3. The molecule has 0 aliphatic carbocycles. The molecule has 1 fully saturated rings. The summed E-state index contributed by atoms with van der Waals surface area (Å²) in [6, 6.07) is 0.450. The number of aromatic carboxylic acids is 1. The minimum Gasteiger partial charge on any atom is -0.478 e. The predicted octanol–water partition coefficient (Wildman–Crippen LogP) is 2.82. The molecule has 0 spiro atoms. The fourth-order valence-electron chi connectivity index (χ4n) is 3.11. The van der Waals surface area contributed by atoms with E-state index in [4.69, 9.17) is 21.1 Å². The molecule has 3 N–H and O–H groups in total. The summed E-state index contributed by atoms with van der Waals surface area (Å²) in [5.41, 5.74) is -1.55. The number of carboxylic acids is 1. The third kappa shape index (κ3) is 8.03. The van der Waals surface area contributed by atoms with Crippen molar-refractivity contribution in [1.29, 1.82) is 0 Å². The molecule has 0 aromatic carbocycles. The SMILES string of the molecule is CC(C)(C)OC(=O)N[C@H]1C[C@H](NC(=O)OC(C)(C)C)CN(c2cc(C(=O)O)c(Cl)nn2)C1. The van der Waals surface area contributed by atoms with Gasteiger partial charge in [0.25, 0.3) is 0 Å². The third-order valence-corrected chi connectivity index (χ3v) is 4.46. The van der Waals surface area contributed by atoms with Gasteiger partial charge in [-0.15, -0.1) is 10.2 Å². The molecular formula is C20H30ClN5O6. The maximum atomic E-state index is 12.3. The first-order valence-electron chi connectivity index (χ1n) is 10.1. The van der Waals surface area contributed by atoms with Gasteiger partial charge >= 0.3 is 18.2 Å². The number of amides is 2. The van der Waals surface area contributed by atoms with Crippen molar-refractivity contribution >= 4 is 35.6 Å². The Hall–Kier alpha value is -2.82. The molecule has 1 aromatic rings. The van der Waals surface area contributed by atoms with Gasteiger partial charge in [-0.3, -0.25) is 0 Å². The number of carboxylic acid groups (broad SMARTS) is 1. The molecule has 32 heavy (non-hydrogen) atoms. The number of carbonyl (C=O) groups is 3. The van der Waals surface area contributed by atoms with Crippen LogP contribution in [-0.2, 0) is 9.47 Å². The van der Waals surface area contributed by atoms with Gasteiger partial charge in [0.15, 0.2) is 11.0 Å². The van der Waals surface area contributed by atoms with Crippen LogP contribution in [0, 0.1) is 0 Å². The highest BCUT2D eigenvalue weighted by Crippen LogP contribution is 2.22. The van der Waals surface area contributed by atoms with Crippen LogP contribution in [0.25, 0.3) is 0 Å². The predicted molar refractivity (Wildman–Crippen MR) is 117 cm³/mol. The molecule has 1 aliphatic rings. The minimum atomic E-state index is -1.24. The Bertz CT molecular complexity index is 829. The first-order valence-corrected chi connectivity index (χ1v) is 10.5. The molecule has 11 nitrogen and oxygen atoms in total. The third-order valence-electron chi connectivity index (χ3n) is 4.18. The highest BCUT2D eigenvalue weighted by Gasteiger charge is 2.33. The number of carbonyl (C=O) groups excluding carboxylic acids is 2. The van der Waals surface area contributed by atoms with Gasteiger partial charge in [0.05, 0.1) is 12.1 Å². The van der Waals surface area contributed by atoms with Crippen molar-refractivity contribution in [2.45, 2.75) is 71.2 Å². The molecule has 0 unspecified atom stereocenters. The molecule has 178 valence electrons. The van der Waals surface area contributed by atoms with Crippen LogP contribution in [0.15, 0.2) is 6.07 Å². The van der Waals surface area contributed by atoms with Crippen LogP contribution in [0.4, 0.5) is 15.4 Å². The molecular weight excluding hydrogens is 442 g/mol. The smallest absolute Gasteiger partial charge is 0.407 e. The summed E-state index contributed by atoms with van der Waals surface area (Å²) in [5.74, 6) is -0.992. The molecule has 2 amide bonds. The number of alkyl carbamates (subject to hydrolysis) is 2. The fourth-order valence-corrected chi connectivity index (χ4v) is 3.29. The van der Waals surface area contributed by atoms with Crippen LogP contribution in [0.1, 0.15) is 58.3 Å². The van der Waals surface area contributed by atoms with Gasteiger partial charge in [0, 0.05) is 19.2 Å². The largest absolute Gasteiger partial charge is 0.478 e. The molecule has 0 bridgehead atoms. The highest BCUT2D eigenvalue weighted by atomic mass is 35.5. The van der Waals surface area contributed by atoms with Crippen LogP contribution in [0.2, 0.25) is 5.15 Å². The van der Waals surface area contributed by atoms with Gasteiger partial charge in [0.1, 0.15) is 16.8 Å². The van der Waals surface area contributed by atoms with Crippen molar-refractivity contribution in [2.75, 3.05) is 18.0 Å².